The molecule has 0 bridgehead atoms. The van der Waals surface area contributed by atoms with E-state index in [-0.39, 0.29) is 16.4 Å². The summed E-state index contributed by atoms with van der Waals surface area (Å²) < 4.78 is 27.2. The normalized spacial score (nSPS) is 22.7. The van der Waals surface area contributed by atoms with Gasteiger partial charge >= 0.3 is 0 Å². The van der Waals surface area contributed by atoms with Crippen LogP contribution < -0.4 is 5.73 Å². The maximum absolute atomic E-state index is 12.8. The van der Waals surface area contributed by atoms with Gasteiger partial charge < -0.3 is 5.73 Å². The number of nitrogens with zero attached hydrogens (tertiary/aromatic N) is 2. The fourth-order valence-corrected chi connectivity index (χ4v) is 4.49. The molecule has 0 amide bonds. The number of piperidine rings is 1. The molecule has 2 rings (SSSR count). The van der Waals surface area contributed by atoms with Crippen LogP contribution in [0, 0.1) is 23.7 Å². The zero-order valence-electron chi connectivity index (χ0n) is 12.6. The second-order valence-corrected chi connectivity index (χ2v) is 8.22. The van der Waals surface area contributed by atoms with E-state index >= 15 is 0 Å². The predicted octanol–water partition coefficient (Wildman–Crippen LogP) is 1.61. The Morgan fingerprint density at radius 2 is 2.10 bits per heavy atom. The number of rotatable bonds is 2. The molecular formula is C15H21N3O2S. The molecule has 114 valence electrons. The molecule has 1 heterocycles. The average molecular weight is 307 g/mol. The summed E-state index contributed by atoms with van der Waals surface area (Å²) in [5.74, 6) is 0. The molecule has 0 aliphatic carbocycles. The van der Waals surface area contributed by atoms with E-state index in [1.807, 2.05) is 19.9 Å². The first kappa shape index (κ1) is 16.0. The third-order valence-corrected chi connectivity index (χ3v) is 6.20. The number of hydrogen-bond acceptors (Lipinski definition) is 4. The molecule has 0 radical (unpaired) electrons. The Hall–Kier alpha value is -1.42. The molecule has 5 nitrogen and oxygen atoms in total. The number of benzene rings is 1. The summed E-state index contributed by atoms with van der Waals surface area (Å²) in [4.78, 5) is 0.216. The number of hydrogen-bond donors (Lipinski definition) is 1. The second kappa shape index (κ2) is 5.41. The smallest absolute Gasteiger partial charge is 0.243 e. The number of nitriles is 1. The van der Waals surface area contributed by atoms with Crippen LogP contribution in [0.5, 0.6) is 0 Å². The number of nitrogens with two attached hydrogens (primary N) is 1. The van der Waals surface area contributed by atoms with Gasteiger partial charge in [-0.1, -0.05) is 19.9 Å². The molecule has 1 fully saturated rings. The standard InChI is InChI=1S/C15H21N3O2S/c1-11-4-5-12(9-16)8-13(11)21(19,20)18-7-6-14(17)15(2,3)10-18/h4-5,8,14H,6-7,10,17H2,1-3H3. The van der Waals surface area contributed by atoms with Crippen LogP contribution in [0.2, 0.25) is 0 Å². The first-order chi connectivity index (χ1) is 9.68. The summed E-state index contributed by atoms with van der Waals surface area (Å²) in [5, 5.41) is 8.97. The highest BCUT2D eigenvalue weighted by atomic mass is 32.2. The fraction of sp³-hybridized carbons (Fsp3) is 0.533. The minimum atomic E-state index is -3.59. The fourth-order valence-electron chi connectivity index (χ4n) is 2.62. The lowest BCUT2D eigenvalue weighted by molar-refractivity contribution is 0.155. The lowest BCUT2D eigenvalue weighted by Gasteiger charge is -2.41. The maximum Gasteiger partial charge on any atom is 0.243 e. The van der Waals surface area contributed by atoms with Gasteiger partial charge in [0.1, 0.15) is 0 Å². The van der Waals surface area contributed by atoms with E-state index in [0.717, 1.165) is 0 Å². The van der Waals surface area contributed by atoms with Crippen LogP contribution in [0.15, 0.2) is 23.1 Å². The first-order valence-electron chi connectivity index (χ1n) is 6.95. The molecule has 1 atom stereocenters. The van der Waals surface area contributed by atoms with Gasteiger partial charge in [-0.05, 0) is 36.5 Å². The van der Waals surface area contributed by atoms with Crippen LogP contribution in [-0.4, -0.2) is 31.9 Å². The van der Waals surface area contributed by atoms with Crippen molar-refractivity contribution in [3.63, 3.8) is 0 Å². The second-order valence-electron chi connectivity index (χ2n) is 6.31. The molecule has 0 spiro atoms. The van der Waals surface area contributed by atoms with Crippen LogP contribution in [0.4, 0.5) is 0 Å². The van der Waals surface area contributed by atoms with E-state index in [9.17, 15) is 8.42 Å². The van der Waals surface area contributed by atoms with E-state index < -0.39 is 10.0 Å². The van der Waals surface area contributed by atoms with Crippen LogP contribution in [0.25, 0.3) is 0 Å². The van der Waals surface area contributed by atoms with Gasteiger partial charge in [-0.15, -0.1) is 0 Å². The zero-order valence-corrected chi connectivity index (χ0v) is 13.4. The van der Waals surface area contributed by atoms with Crippen molar-refractivity contribution < 1.29 is 8.42 Å². The van der Waals surface area contributed by atoms with Crippen molar-refractivity contribution in [2.24, 2.45) is 11.1 Å². The molecule has 0 saturated carbocycles. The van der Waals surface area contributed by atoms with Gasteiger partial charge in [0.25, 0.3) is 0 Å². The van der Waals surface area contributed by atoms with Crippen LogP contribution in [0.1, 0.15) is 31.4 Å². The van der Waals surface area contributed by atoms with Gasteiger partial charge in [0.2, 0.25) is 10.0 Å². The molecular weight excluding hydrogens is 286 g/mol. The topological polar surface area (TPSA) is 87.2 Å². The molecule has 1 aliphatic rings. The van der Waals surface area contributed by atoms with Crippen molar-refractivity contribution in [1.29, 1.82) is 5.26 Å². The lowest BCUT2D eigenvalue weighted by Crippen LogP contribution is -2.53. The van der Waals surface area contributed by atoms with E-state index in [1.54, 1.807) is 19.1 Å². The monoisotopic (exact) mass is 307 g/mol. The highest BCUT2D eigenvalue weighted by molar-refractivity contribution is 7.89. The highest BCUT2D eigenvalue weighted by Crippen LogP contribution is 2.32. The minimum Gasteiger partial charge on any atom is -0.327 e. The van der Waals surface area contributed by atoms with Crippen molar-refractivity contribution in [3.8, 4) is 6.07 Å². The van der Waals surface area contributed by atoms with Gasteiger partial charge in [0.15, 0.2) is 0 Å². The van der Waals surface area contributed by atoms with Crippen molar-refractivity contribution >= 4 is 10.0 Å². The van der Waals surface area contributed by atoms with E-state index in [2.05, 4.69) is 0 Å². The van der Waals surface area contributed by atoms with Crippen molar-refractivity contribution in [2.75, 3.05) is 13.1 Å². The molecule has 2 N–H and O–H groups in total. The summed E-state index contributed by atoms with van der Waals surface area (Å²) in [6.45, 7) is 6.53. The Kier molecular flexibility index (Phi) is 4.11. The van der Waals surface area contributed by atoms with Gasteiger partial charge in [0, 0.05) is 19.1 Å². The van der Waals surface area contributed by atoms with Crippen LogP contribution in [-0.2, 0) is 10.0 Å². The minimum absolute atomic E-state index is 0.00418. The molecule has 1 saturated heterocycles. The van der Waals surface area contributed by atoms with E-state index in [0.29, 0.717) is 30.6 Å². The van der Waals surface area contributed by atoms with Gasteiger partial charge in [-0.3, -0.25) is 0 Å². The Balaban J connectivity index is 2.42. The largest absolute Gasteiger partial charge is 0.327 e. The number of aryl methyl sites for hydroxylation is 1. The molecule has 1 aliphatic heterocycles. The van der Waals surface area contributed by atoms with E-state index in [4.69, 9.17) is 11.0 Å². The van der Waals surface area contributed by atoms with Crippen LogP contribution >= 0.6 is 0 Å². The summed E-state index contributed by atoms with van der Waals surface area (Å²) in [5.41, 5.74) is 6.82. The van der Waals surface area contributed by atoms with Gasteiger partial charge in [0.05, 0.1) is 16.5 Å². The summed E-state index contributed by atoms with van der Waals surface area (Å²) in [6.07, 6.45) is 0.642. The Bertz CT molecular complexity index is 689. The molecule has 0 aromatic heterocycles. The SMILES string of the molecule is Cc1ccc(C#N)cc1S(=O)(=O)N1CCC(N)C(C)(C)C1. The highest BCUT2D eigenvalue weighted by Gasteiger charge is 2.39. The first-order valence-corrected chi connectivity index (χ1v) is 8.39. The third kappa shape index (κ3) is 2.95. The van der Waals surface area contributed by atoms with E-state index in [1.165, 1.54) is 10.4 Å². The van der Waals surface area contributed by atoms with Crippen molar-refractivity contribution in [3.05, 3.63) is 29.3 Å². The maximum atomic E-state index is 12.8. The molecule has 21 heavy (non-hydrogen) atoms. The molecule has 1 aromatic carbocycles. The quantitative estimate of drug-likeness (QED) is 0.899. The molecule has 1 unspecified atom stereocenters. The molecule has 6 heteroatoms. The average Bonchev–Trinajstić information content (AvgIpc) is 2.42. The predicted molar refractivity (Wildman–Crippen MR) is 81.0 cm³/mol. The summed E-state index contributed by atoms with van der Waals surface area (Å²) >= 11 is 0. The number of sulfonamides is 1. The van der Waals surface area contributed by atoms with Crippen molar-refractivity contribution in [1.82, 2.24) is 4.31 Å². The van der Waals surface area contributed by atoms with Crippen molar-refractivity contribution in [2.45, 2.75) is 38.1 Å². The Labute approximate surface area is 126 Å². The summed E-state index contributed by atoms with van der Waals surface area (Å²) in [6, 6.07) is 6.74. The molecule has 1 aromatic rings. The zero-order chi connectivity index (χ0) is 15.8. The van der Waals surface area contributed by atoms with Gasteiger partial charge in [-0.25, -0.2) is 8.42 Å². The van der Waals surface area contributed by atoms with Gasteiger partial charge in [-0.2, -0.15) is 9.57 Å². The Morgan fingerprint density at radius 1 is 1.43 bits per heavy atom. The summed E-state index contributed by atoms with van der Waals surface area (Å²) in [7, 11) is -3.59. The lowest BCUT2D eigenvalue weighted by atomic mass is 9.81. The third-order valence-electron chi connectivity index (χ3n) is 4.21. The Morgan fingerprint density at radius 3 is 2.67 bits per heavy atom. The van der Waals surface area contributed by atoms with Crippen LogP contribution in [0.3, 0.4) is 0 Å².